The van der Waals surface area contributed by atoms with Gasteiger partial charge in [-0.1, -0.05) is 29.8 Å². The Balaban J connectivity index is 1.80. The summed E-state index contributed by atoms with van der Waals surface area (Å²) in [5.41, 5.74) is 3.59. The zero-order valence-corrected chi connectivity index (χ0v) is 15.3. The van der Waals surface area contributed by atoms with Gasteiger partial charge < -0.3 is 10.1 Å². The number of anilines is 1. The number of para-hydroxylation sites is 1. The Labute approximate surface area is 157 Å². The molecule has 0 aliphatic carbocycles. The Morgan fingerprint density at radius 2 is 1.77 bits per heavy atom. The van der Waals surface area contributed by atoms with E-state index in [1.165, 1.54) is 0 Å². The first kappa shape index (κ1) is 19.5. The van der Waals surface area contributed by atoms with Crippen LogP contribution in [-0.2, 0) is 9.59 Å². The molecule has 0 spiro atoms. The predicted octanol–water partition coefficient (Wildman–Crippen LogP) is 3.63. The van der Waals surface area contributed by atoms with Gasteiger partial charge in [0, 0.05) is 16.4 Å². The summed E-state index contributed by atoms with van der Waals surface area (Å²) in [6.07, 6.45) is -0.674. The Kier molecular flexibility index (Phi) is 7.17. The zero-order valence-electron chi connectivity index (χ0n) is 14.5. The number of carbonyl (C=O) groups excluding carboxylic acids is 2. The molecule has 0 aromatic heterocycles. The fraction of sp³-hybridized carbons (Fsp3) is 0.211. The van der Waals surface area contributed by atoms with Crippen LogP contribution in [-0.4, -0.2) is 23.6 Å². The Morgan fingerprint density at radius 1 is 1.12 bits per heavy atom. The number of amides is 2. The molecule has 0 saturated heterocycles. The average Bonchev–Trinajstić information content (AvgIpc) is 2.62. The summed E-state index contributed by atoms with van der Waals surface area (Å²) in [6.45, 7) is 3.27. The molecule has 1 atom stereocenters. The van der Waals surface area contributed by atoms with Gasteiger partial charge >= 0.3 is 0 Å². The standard InChI is InChI=1S/C19H20ClN3O3/c1-13(12-18(24)21-16-6-4-3-5-7-16)22-23-19(25)14(2)26-17-10-8-15(20)9-11-17/h3-11,14H,12H2,1-2H3,(H,21,24)(H,23,25)/b22-13-/t14-/m1/s1. The minimum absolute atomic E-state index is 0.0710. The predicted molar refractivity (Wildman–Crippen MR) is 102 cm³/mol. The number of benzene rings is 2. The molecule has 0 saturated carbocycles. The number of nitrogens with zero attached hydrogens (tertiary/aromatic N) is 1. The van der Waals surface area contributed by atoms with E-state index in [2.05, 4.69) is 15.8 Å². The second kappa shape index (κ2) is 9.58. The highest BCUT2D eigenvalue weighted by Crippen LogP contribution is 2.16. The highest BCUT2D eigenvalue weighted by Gasteiger charge is 2.14. The van der Waals surface area contributed by atoms with Crippen LogP contribution < -0.4 is 15.5 Å². The Morgan fingerprint density at radius 3 is 2.42 bits per heavy atom. The number of hydrazone groups is 1. The third-order valence-electron chi connectivity index (χ3n) is 3.33. The molecule has 0 aliphatic rings. The summed E-state index contributed by atoms with van der Waals surface area (Å²) in [6, 6.07) is 15.8. The molecule has 0 heterocycles. The van der Waals surface area contributed by atoms with E-state index < -0.39 is 12.0 Å². The molecular formula is C19H20ClN3O3. The summed E-state index contributed by atoms with van der Waals surface area (Å²) >= 11 is 5.80. The SMILES string of the molecule is C/C(CC(=O)Nc1ccccc1)=N/NC(=O)[C@@H](C)Oc1ccc(Cl)cc1. The largest absolute Gasteiger partial charge is 0.481 e. The van der Waals surface area contributed by atoms with Gasteiger partial charge in [0.15, 0.2) is 6.10 Å². The van der Waals surface area contributed by atoms with E-state index in [0.717, 1.165) is 0 Å². The van der Waals surface area contributed by atoms with Gasteiger partial charge in [-0.2, -0.15) is 5.10 Å². The van der Waals surface area contributed by atoms with Gasteiger partial charge in [-0.25, -0.2) is 5.43 Å². The molecule has 2 rings (SSSR count). The number of carbonyl (C=O) groups is 2. The van der Waals surface area contributed by atoms with Crippen molar-refractivity contribution in [2.45, 2.75) is 26.4 Å². The minimum atomic E-state index is -0.745. The smallest absolute Gasteiger partial charge is 0.280 e. The van der Waals surface area contributed by atoms with Crippen molar-refractivity contribution in [2.24, 2.45) is 5.10 Å². The highest BCUT2D eigenvalue weighted by molar-refractivity contribution is 6.30. The summed E-state index contributed by atoms with van der Waals surface area (Å²) in [5.74, 6) is -0.0973. The fourth-order valence-electron chi connectivity index (χ4n) is 2.01. The van der Waals surface area contributed by atoms with Crippen LogP contribution in [0.3, 0.4) is 0 Å². The second-order valence-corrected chi connectivity index (χ2v) is 6.06. The van der Waals surface area contributed by atoms with Crippen LogP contribution in [0.4, 0.5) is 5.69 Å². The zero-order chi connectivity index (χ0) is 18.9. The summed E-state index contributed by atoms with van der Waals surface area (Å²) in [4.78, 5) is 24.0. The van der Waals surface area contributed by atoms with Gasteiger partial charge in [0.2, 0.25) is 5.91 Å². The van der Waals surface area contributed by atoms with Crippen LogP contribution in [0.2, 0.25) is 5.02 Å². The minimum Gasteiger partial charge on any atom is -0.481 e. The van der Waals surface area contributed by atoms with Crippen LogP contribution in [0.1, 0.15) is 20.3 Å². The fourth-order valence-corrected chi connectivity index (χ4v) is 2.14. The van der Waals surface area contributed by atoms with Crippen LogP contribution in [0.5, 0.6) is 5.75 Å². The van der Waals surface area contributed by atoms with E-state index in [0.29, 0.717) is 22.2 Å². The topological polar surface area (TPSA) is 79.8 Å². The second-order valence-electron chi connectivity index (χ2n) is 5.63. The molecule has 0 unspecified atom stereocenters. The molecule has 6 nitrogen and oxygen atoms in total. The molecule has 2 N–H and O–H groups in total. The first-order valence-corrected chi connectivity index (χ1v) is 8.42. The third-order valence-corrected chi connectivity index (χ3v) is 3.58. The maximum Gasteiger partial charge on any atom is 0.280 e. The molecule has 0 bridgehead atoms. The number of ether oxygens (including phenoxy) is 1. The number of hydrogen-bond acceptors (Lipinski definition) is 4. The lowest BCUT2D eigenvalue weighted by Gasteiger charge is -2.13. The Bertz CT molecular complexity index is 776. The van der Waals surface area contributed by atoms with E-state index >= 15 is 0 Å². The van der Waals surface area contributed by atoms with Crippen molar-refractivity contribution in [1.82, 2.24) is 5.43 Å². The van der Waals surface area contributed by atoms with Gasteiger partial charge in [-0.05, 0) is 50.2 Å². The lowest BCUT2D eigenvalue weighted by molar-refractivity contribution is -0.127. The first-order chi connectivity index (χ1) is 12.4. The number of nitrogens with one attached hydrogen (secondary N) is 2. The first-order valence-electron chi connectivity index (χ1n) is 8.04. The van der Waals surface area contributed by atoms with Gasteiger partial charge in [0.25, 0.3) is 5.91 Å². The molecule has 2 aromatic rings. The van der Waals surface area contributed by atoms with Gasteiger partial charge in [0.1, 0.15) is 5.75 Å². The van der Waals surface area contributed by atoms with Gasteiger partial charge in [-0.15, -0.1) is 0 Å². The maximum absolute atomic E-state index is 12.0. The third kappa shape index (κ3) is 6.57. The maximum atomic E-state index is 12.0. The molecule has 7 heteroatoms. The van der Waals surface area contributed by atoms with Crippen LogP contribution in [0.15, 0.2) is 59.7 Å². The lowest BCUT2D eigenvalue weighted by atomic mass is 10.2. The number of rotatable bonds is 7. The molecular weight excluding hydrogens is 354 g/mol. The molecule has 0 radical (unpaired) electrons. The monoisotopic (exact) mass is 373 g/mol. The molecule has 2 aromatic carbocycles. The van der Waals surface area contributed by atoms with Crippen molar-refractivity contribution in [2.75, 3.05) is 5.32 Å². The van der Waals surface area contributed by atoms with Crippen molar-refractivity contribution < 1.29 is 14.3 Å². The van der Waals surface area contributed by atoms with E-state index in [4.69, 9.17) is 16.3 Å². The summed E-state index contributed by atoms with van der Waals surface area (Å²) in [7, 11) is 0. The van der Waals surface area contributed by atoms with Gasteiger partial charge in [0.05, 0.1) is 6.42 Å². The summed E-state index contributed by atoms with van der Waals surface area (Å²) < 4.78 is 5.50. The van der Waals surface area contributed by atoms with Crippen molar-refractivity contribution >= 4 is 34.8 Å². The molecule has 136 valence electrons. The average molecular weight is 374 g/mol. The number of halogens is 1. The van der Waals surface area contributed by atoms with E-state index in [-0.39, 0.29) is 12.3 Å². The van der Waals surface area contributed by atoms with Gasteiger partial charge in [-0.3, -0.25) is 9.59 Å². The van der Waals surface area contributed by atoms with Crippen molar-refractivity contribution in [1.29, 1.82) is 0 Å². The molecule has 26 heavy (non-hydrogen) atoms. The summed E-state index contributed by atoms with van der Waals surface area (Å²) in [5, 5.41) is 7.28. The highest BCUT2D eigenvalue weighted by atomic mass is 35.5. The van der Waals surface area contributed by atoms with E-state index in [1.807, 2.05) is 18.2 Å². The van der Waals surface area contributed by atoms with Crippen molar-refractivity contribution in [3.8, 4) is 5.75 Å². The molecule has 0 aliphatic heterocycles. The Hall–Kier alpha value is -2.86. The van der Waals surface area contributed by atoms with Crippen LogP contribution >= 0.6 is 11.6 Å². The van der Waals surface area contributed by atoms with Crippen molar-refractivity contribution in [3.05, 3.63) is 59.6 Å². The normalized spacial score (nSPS) is 12.2. The van der Waals surface area contributed by atoms with E-state index in [1.54, 1.807) is 50.2 Å². The van der Waals surface area contributed by atoms with Crippen LogP contribution in [0.25, 0.3) is 0 Å². The van der Waals surface area contributed by atoms with E-state index in [9.17, 15) is 9.59 Å². The van der Waals surface area contributed by atoms with Crippen molar-refractivity contribution in [3.63, 3.8) is 0 Å². The molecule has 2 amide bonds. The lowest BCUT2D eigenvalue weighted by Crippen LogP contribution is -2.34. The molecule has 0 fully saturated rings. The quantitative estimate of drug-likeness (QED) is 0.574. The number of hydrogen-bond donors (Lipinski definition) is 2. The van der Waals surface area contributed by atoms with Crippen LogP contribution in [0, 0.1) is 0 Å².